The highest BCUT2D eigenvalue weighted by molar-refractivity contribution is 7.13. The third kappa shape index (κ3) is 2.87. The average Bonchev–Trinajstić information content (AvgIpc) is 3.04. The van der Waals surface area contributed by atoms with Crippen LogP contribution in [0.3, 0.4) is 0 Å². The van der Waals surface area contributed by atoms with Gasteiger partial charge in [0.05, 0.1) is 23.7 Å². The molecule has 0 spiro atoms. The Morgan fingerprint density at radius 1 is 1.43 bits per heavy atom. The van der Waals surface area contributed by atoms with Crippen LogP contribution in [0, 0.1) is 13.8 Å². The number of nitrogens with zero attached hydrogens (tertiary/aromatic N) is 3. The quantitative estimate of drug-likeness (QED) is 0.855. The van der Waals surface area contributed by atoms with E-state index in [0.717, 1.165) is 21.3 Å². The molecule has 0 aliphatic carbocycles. The lowest BCUT2D eigenvalue weighted by Gasteiger charge is -2.32. The molecule has 2 aromatic heterocycles. The Balaban J connectivity index is 1.77. The number of morpholine rings is 1. The minimum atomic E-state index is -0.151. The van der Waals surface area contributed by atoms with Gasteiger partial charge in [0.2, 0.25) is 0 Å². The summed E-state index contributed by atoms with van der Waals surface area (Å²) in [4.78, 5) is 20.9. The lowest BCUT2D eigenvalue weighted by atomic mass is 10.2. The first-order valence-electron chi connectivity index (χ1n) is 7.02. The van der Waals surface area contributed by atoms with E-state index < -0.39 is 0 Å². The molecular formula is C15H19N3O2S. The summed E-state index contributed by atoms with van der Waals surface area (Å²) in [6.07, 6.45) is 1.82. The van der Waals surface area contributed by atoms with Gasteiger partial charge in [0.1, 0.15) is 11.9 Å². The summed E-state index contributed by atoms with van der Waals surface area (Å²) in [6.45, 7) is 5.71. The van der Waals surface area contributed by atoms with Crippen LogP contribution >= 0.6 is 11.3 Å². The molecule has 21 heavy (non-hydrogen) atoms. The summed E-state index contributed by atoms with van der Waals surface area (Å²) < 4.78 is 7.78. The van der Waals surface area contributed by atoms with Crippen LogP contribution in [0.4, 0.5) is 0 Å². The fourth-order valence-corrected chi connectivity index (χ4v) is 3.46. The van der Waals surface area contributed by atoms with Crippen molar-refractivity contribution in [3.63, 3.8) is 0 Å². The molecule has 0 aromatic carbocycles. The number of hydrogen-bond acceptors (Lipinski definition) is 4. The van der Waals surface area contributed by atoms with Crippen LogP contribution < -0.4 is 0 Å². The number of amides is 1. The summed E-state index contributed by atoms with van der Waals surface area (Å²) in [6, 6.07) is 3.88. The van der Waals surface area contributed by atoms with Gasteiger partial charge in [-0.05, 0) is 26.0 Å². The maximum atomic E-state index is 12.5. The number of ether oxygens (including phenoxy) is 1. The monoisotopic (exact) mass is 305 g/mol. The molecule has 1 aliphatic rings. The van der Waals surface area contributed by atoms with Crippen molar-refractivity contribution < 1.29 is 9.53 Å². The molecule has 1 fully saturated rings. The Kier molecular flexibility index (Phi) is 3.82. The summed E-state index contributed by atoms with van der Waals surface area (Å²) in [5, 5.41) is 0. The first kappa shape index (κ1) is 14.3. The van der Waals surface area contributed by atoms with E-state index >= 15 is 0 Å². The number of imidazole rings is 1. The van der Waals surface area contributed by atoms with Gasteiger partial charge in [0, 0.05) is 24.7 Å². The summed E-state index contributed by atoms with van der Waals surface area (Å²) in [5.41, 5.74) is 0.966. The van der Waals surface area contributed by atoms with Crippen molar-refractivity contribution in [3.05, 3.63) is 39.6 Å². The van der Waals surface area contributed by atoms with Crippen LogP contribution in [0.15, 0.2) is 18.3 Å². The molecule has 1 aliphatic heterocycles. The van der Waals surface area contributed by atoms with Crippen LogP contribution in [0.25, 0.3) is 0 Å². The Hall–Kier alpha value is -1.66. The third-order valence-electron chi connectivity index (χ3n) is 3.63. The van der Waals surface area contributed by atoms with E-state index in [1.54, 1.807) is 11.3 Å². The Morgan fingerprint density at radius 3 is 2.86 bits per heavy atom. The molecule has 3 heterocycles. The van der Waals surface area contributed by atoms with Crippen LogP contribution in [0.5, 0.6) is 0 Å². The zero-order valence-electron chi connectivity index (χ0n) is 12.5. The minimum Gasteiger partial charge on any atom is -0.367 e. The number of carbonyl (C=O) groups is 1. The third-order valence-corrected chi connectivity index (χ3v) is 4.61. The number of carbonyl (C=O) groups excluding carboxylic acids is 1. The second-order valence-electron chi connectivity index (χ2n) is 5.37. The van der Waals surface area contributed by atoms with Crippen molar-refractivity contribution in [2.45, 2.75) is 20.0 Å². The lowest BCUT2D eigenvalue weighted by molar-refractivity contribution is -0.0277. The Morgan fingerprint density at radius 2 is 2.24 bits per heavy atom. The highest BCUT2D eigenvalue weighted by Gasteiger charge is 2.29. The zero-order valence-corrected chi connectivity index (χ0v) is 13.3. The topological polar surface area (TPSA) is 47.4 Å². The first-order chi connectivity index (χ1) is 10.0. The van der Waals surface area contributed by atoms with Gasteiger partial charge < -0.3 is 14.2 Å². The molecule has 0 N–H and O–H groups in total. The van der Waals surface area contributed by atoms with Crippen LogP contribution in [-0.4, -0.2) is 40.1 Å². The van der Waals surface area contributed by atoms with E-state index in [4.69, 9.17) is 4.74 Å². The zero-order chi connectivity index (χ0) is 15.0. The van der Waals surface area contributed by atoms with Crippen LogP contribution in [0.1, 0.15) is 32.2 Å². The van der Waals surface area contributed by atoms with Crippen LogP contribution in [0.2, 0.25) is 0 Å². The largest absolute Gasteiger partial charge is 0.367 e. The lowest BCUT2D eigenvalue weighted by Crippen LogP contribution is -2.42. The molecule has 0 bridgehead atoms. The van der Waals surface area contributed by atoms with Crippen LogP contribution in [-0.2, 0) is 11.8 Å². The van der Waals surface area contributed by atoms with E-state index in [2.05, 4.69) is 4.98 Å². The molecule has 6 heteroatoms. The maximum absolute atomic E-state index is 12.5. The van der Waals surface area contributed by atoms with Crippen molar-refractivity contribution in [2.24, 2.45) is 7.05 Å². The van der Waals surface area contributed by atoms with Gasteiger partial charge in [-0.1, -0.05) is 0 Å². The van der Waals surface area contributed by atoms with Crippen molar-refractivity contribution >= 4 is 17.2 Å². The van der Waals surface area contributed by atoms with E-state index in [1.165, 1.54) is 0 Å². The number of aromatic nitrogens is 2. The summed E-state index contributed by atoms with van der Waals surface area (Å²) >= 11 is 1.54. The Bertz CT molecular complexity index is 662. The van der Waals surface area contributed by atoms with Crippen molar-refractivity contribution in [3.8, 4) is 0 Å². The molecule has 3 rings (SSSR count). The molecule has 1 saturated heterocycles. The molecule has 2 aromatic rings. The summed E-state index contributed by atoms with van der Waals surface area (Å²) in [5.74, 6) is 0.972. The fourth-order valence-electron chi connectivity index (χ4n) is 2.63. The predicted molar refractivity (Wildman–Crippen MR) is 81.6 cm³/mol. The van der Waals surface area contributed by atoms with Crippen molar-refractivity contribution in [1.29, 1.82) is 0 Å². The molecular weight excluding hydrogens is 286 g/mol. The van der Waals surface area contributed by atoms with Gasteiger partial charge in [0.25, 0.3) is 5.91 Å². The van der Waals surface area contributed by atoms with Gasteiger partial charge in [-0.3, -0.25) is 4.79 Å². The highest BCUT2D eigenvalue weighted by Crippen LogP contribution is 2.24. The van der Waals surface area contributed by atoms with E-state index in [-0.39, 0.29) is 12.0 Å². The number of thiophene rings is 1. The minimum absolute atomic E-state index is 0.0901. The molecule has 0 saturated carbocycles. The van der Waals surface area contributed by atoms with E-state index in [9.17, 15) is 4.79 Å². The van der Waals surface area contributed by atoms with Gasteiger partial charge in [-0.15, -0.1) is 11.3 Å². The highest BCUT2D eigenvalue weighted by atomic mass is 32.1. The van der Waals surface area contributed by atoms with Crippen molar-refractivity contribution in [2.75, 3.05) is 19.7 Å². The van der Waals surface area contributed by atoms with Gasteiger partial charge >= 0.3 is 0 Å². The molecule has 1 atom stereocenters. The standard InChI is InChI=1S/C15H19N3O2S/c1-10-8-17(3)14(16-10)12-9-18(6-7-20-12)15(19)13-5-4-11(2)21-13/h4-5,8,12H,6-7,9H2,1-3H3/t12-/m0/s1. The number of rotatable bonds is 2. The second kappa shape index (κ2) is 5.61. The predicted octanol–water partition coefficient (Wildman–Crippen LogP) is 2.31. The molecule has 0 radical (unpaired) electrons. The van der Waals surface area contributed by atoms with Gasteiger partial charge in [0.15, 0.2) is 0 Å². The molecule has 1 amide bonds. The summed E-state index contributed by atoms with van der Waals surface area (Å²) in [7, 11) is 1.96. The number of aryl methyl sites for hydroxylation is 3. The SMILES string of the molecule is Cc1cn(C)c([C@@H]2CN(C(=O)c3ccc(C)s3)CCO2)n1. The second-order valence-corrected chi connectivity index (χ2v) is 6.66. The van der Waals surface area contributed by atoms with Crippen molar-refractivity contribution in [1.82, 2.24) is 14.5 Å². The molecule has 112 valence electrons. The Labute approximate surface area is 128 Å². The molecule has 0 unspecified atom stereocenters. The fraction of sp³-hybridized carbons (Fsp3) is 0.467. The molecule has 5 nitrogen and oxygen atoms in total. The van der Waals surface area contributed by atoms with E-state index in [0.29, 0.717) is 19.7 Å². The average molecular weight is 305 g/mol. The normalized spacial score (nSPS) is 19.0. The van der Waals surface area contributed by atoms with E-state index in [1.807, 2.05) is 48.7 Å². The smallest absolute Gasteiger partial charge is 0.264 e. The van der Waals surface area contributed by atoms with Gasteiger partial charge in [-0.2, -0.15) is 0 Å². The first-order valence-corrected chi connectivity index (χ1v) is 7.83. The number of hydrogen-bond donors (Lipinski definition) is 0. The maximum Gasteiger partial charge on any atom is 0.264 e. The van der Waals surface area contributed by atoms with Gasteiger partial charge in [-0.25, -0.2) is 4.98 Å².